The molecule has 0 fully saturated rings. The number of carbonyl (C=O) groups excluding carboxylic acids is 2. The van der Waals surface area contributed by atoms with Gasteiger partial charge in [-0.3, -0.25) is 9.59 Å². The van der Waals surface area contributed by atoms with Gasteiger partial charge in [0.25, 0.3) is 0 Å². The molecule has 114 valence electrons. The second-order valence-corrected chi connectivity index (χ2v) is 6.51. The number of rotatable bonds is 3. The zero-order valence-corrected chi connectivity index (χ0v) is 13.1. The van der Waals surface area contributed by atoms with Crippen molar-refractivity contribution in [3.63, 3.8) is 0 Å². The minimum absolute atomic E-state index is 0.0310. The van der Waals surface area contributed by atoms with E-state index < -0.39 is 0 Å². The zero-order valence-electron chi connectivity index (χ0n) is 13.1. The molecular formula is C16H23N3O2. The lowest BCUT2D eigenvalue weighted by Gasteiger charge is -2.25. The Labute approximate surface area is 125 Å². The van der Waals surface area contributed by atoms with Gasteiger partial charge in [0.05, 0.1) is 12.5 Å². The van der Waals surface area contributed by atoms with Crippen LogP contribution in [0.3, 0.4) is 0 Å². The van der Waals surface area contributed by atoms with Crippen LogP contribution in [0.5, 0.6) is 0 Å². The summed E-state index contributed by atoms with van der Waals surface area (Å²) in [6.45, 7) is 6.43. The molecule has 21 heavy (non-hydrogen) atoms. The molecule has 0 radical (unpaired) electrons. The third-order valence-electron chi connectivity index (χ3n) is 3.40. The fourth-order valence-electron chi connectivity index (χ4n) is 2.52. The first-order chi connectivity index (χ1) is 9.78. The minimum atomic E-state index is -0.289. The number of fused-ring (bicyclic) bond motifs is 1. The number of para-hydroxylation sites is 1. The molecule has 0 saturated heterocycles. The van der Waals surface area contributed by atoms with Crippen LogP contribution in [0.2, 0.25) is 0 Å². The summed E-state index contributed by atoms with van der Waals surface area (Å²) in [7, 11) is 1.67. The smallest absolute Gasteiger partial charge is 0.240 e. The van der Waals surface area contributed by atoms with Gasteiger partial charge in [0.2, 0.25) is 11.8 Å². The highest BCUT2D eigenvalue weighted by atomic mass is 16.2. The Morgan fingerprint density at radius 2 is 2.00 bits per heavy atom. The van der Waals surface area contributed by atoms with Crippen LogP contribution in [0.1, 0.15) is 32.3 Å². The Hall–Kier alpha value is -2.04. The number of carbonyl (C=O) groups is 2. The van der Waals surface area contributed by atoms with Crippen molar-refractivity contribution in [2.45, 2.75) is 32.2 Å². The number of benzene rings is 1. The highest BCUT2D eigenvalue weighted by Crippen LogP contribution is 2.31. The molecule has 0 saturated carbocycles. The fraction of sp³-hybridized carbons (Fsp3) is 0.500. The maximum atomic E-state index is 12.5. The molecule has 1 heterocycles. The summed E-state index contributed by atoms with van der Waals surface area (Å²) in [5.74, 6) is -0.386. The van der Waals surface area contributed by atoms with Crippen molar-refractivity contribution < 1.29 is 9.59 Å². The Bertz CT molecular complexity index is 549. The van der Waals surface area contributed by atoms with Crippen molar-refractivity contribution >= 4 is 17.5 Å². The molecule has 2 amide bonds. The molecule has 0 aliphatic carbocycles. The molecular weight excluding hydrogens is 266 g/mol. The zero-order chi connectivity index (χ0) is 15.6. The molecule has 1 aromatic carbocycles. The predicted octanol–water partition coefficient (Wildman–Crippen LogP) is 1.57. The van der Waals surface area contributed by atoms with Crippen LogP contribution in [0.15, 0.2) is 24.3 Å². The summed E-state index contributed by atoms with van der Waals surface area (Å²) in [6, 6.07) is 7.80. The topological polar surface area (TPSA) is 61.4 Å². The van der Waals surface area contributed by atoms with Gasteiger partial charge in [0.1, 0.15) is 0 Å². The summed E-state index contributed by atoms with van der Waals surface area (Å²) in [4.78, 5) is 25.9. The first-order valence-corrected chi connectivity index (χ1v) is 7.17. The number of nitrogens with one attached hydrogen (secondary N) is 2. The lowest BCUT2D eigenvalue weighted by molar-refractivity contribution is -0.136. The molecule has 0 bridgehead atoms. The van der Waals surface area contributed by atoms with Crippen molar-refractivity contribution in [2.75, 3.05) is 25.5 Å². The molecule has 5 nitrogen and oxygen atoms in total. The maximum Gasteiger partial charge on any atom is 0.240 e. The van der Waals surface area contributed by atoms with Crippen LogP contribution in [-0.2, 0) is 9.59 Å². The highest BCUT2D eigenvalue weighted by Gasteiger charge is 2.31. The largest absolute Gasteiger partial charge is 0.384 e. The van der Waals surface area contributed by atoms with Crippen LogP contribution in [-0.4, -0.2) is 42.4 Å². The van der Waals surface area contributed by atoms with Crippen molar-refractivity contribution in [1.82, 2.24) is 10.2 Å². The van der Waals surface area contributed by atoms with Gasteiger partial charge in [0, 0.05) is 24.8 Å². The molecule has 1 unspecified atom stereocenters. The minimum Gasteiger partial charge on any atom is -0.384 e. The van der Waals surface area contributed by atoms with Gasteiger partial charge in [-0.25, -0.2) is 0 Å². The lowest BCUT2D eigenvalue weighted by atomic mass is 10.00. The van der Waals surface area contributed by atoms with E-state index in [4.69, 9.17) is 0 Å². The molecule has 0 spiro atoms. The number of anilines is 1. The SMILES string of the molecule is CN(CC(=O)NC(C)(C)C)C(=O)C1CNc2ccccc21. The average molecular weight is 289 g/mol. The van der Waals surface area contributed by atoms with Gasteiger partial charge < -0.3 is 15.5 Å². The fourth-order valence-corrected chi connectivity index (χ4v) is 2.52. The van der Waals surface area contributed by atoms with Crippen LogP contribution in [0.4, 0.5) is 5.69 Å². The van der Waals surface area contributed by atoms with E-state index in [1.807, 2.05) is 45.0 Å². The van der Waals surface area contributed by atoms with E-state index in [2.05, 4.69) is 10.6 Å². The quantitative estimate of drug-likeness (QED) is 0.888. The number of likely N-dealkylation sites (N-methyl/N-ethyl adjacent to an activating group) is 1. The van der Waals surface area contributed by atoms with Gasteiger partial charge in [-0.1, -0.05) is 18.2 Å². The van der Waals surface area contributed by atoms with E-state index in [9.17, 15) is 9.59 Å². The average Bonchev–Trinajstić information content (AvgIpc) is 2.79. The van der Waals surface area contributed by atoms with Gasteiger partial charge in [-0.15, -0.1) is 0 Å². The van der Waals surface area contributed by atoms with E-state index in [0.29, 0.717) is 6.54 Å². The Kier molecular flexibility index (Phi) is 4.21. The van der Waals surface area contributed by atoms with E-state index in [0.717, 1.165) is 11.3 Å². The third kappa shape index (κ3) is 3.74. The summed E-state index contributed by atoms with van der Waals surface area (Å²) in [5.41, 5.74) is 1.72. The van der Waals surface area contributed by atoms with E-state index >= 15 is 0 Å². The van der Waals surface area contributed by atoms with Crippen LogP contribution in [0.25, 0.3) is 0 Å². The number of amides is 2. The highest BCUT2D eigenvalue weighted by molar-refractivity contribution is 5.91. The second kappa shape index (κ2) is 5.76. The number of hydrogen-bond acceptors (Lipinski definition) is 3. The van der Waals surface area contributed by atoms with E-state index in [-0.39, 0.29) is 29.8 Å². The molecule has 1 aromatic rings. The van der Waals surface area contributed by atoms with Crippen molar-refractivity contribution in [3.8, 4) is 0 Å². The second-order valence-electron chi connectivity index (χ2n) is 6.51. The Balaban J connectivity index is 1.99. The predicted molar refractivity (Wildman–Crippen MR) is 83.2 cm³/mol. The van der Waals surface area contributed by atoms with Crippen molar-refractivity contribution in [3.05, 3.63) is 29.8 Å². The molecule has 2 rings (SSSR count). The number of nitrogens with zero attached hydrogens (tertiary/aromatic N) is 1. The number of hydrogen-bond donors (Lipinski definition) is 2. The molecule has 1 aliphatic rings. The molecule has 1 atom stereocenters. The first kappa shape index (κ1) is 15.4. The summed E-state index contributed by atoms with van der Waals surface area (Å²) in [6.07, 6.45) is 0. The van der Waals surface area contributed by atoms with Crippen LogP contribution < -0.4 is 10.6 Å². The van der Waals surface area contributed by atoms with Crippen molar-refractivity contribution in [2.24, 2.45) is 0 Å². The molecule has 5 heteroatoms. The Morgan fingerprint density at radius 1 is 1.33 bits per heavy atom. The first-order valence-electron chi connectivity index (χ1n) is 7.17. The summed E-state index contributed by atoms with van der Waals surface area (Å²) >= 11 is 0. The van der Waals surface area contributed by atoms with Gasteiger partial charge >= 0.3 is 0 Å². The van der Waals surface area contributed by atoms with Crippen molar-refractivity contribution in [1.29, 1.82) is 0 Å². The lowest BCUT2D eigenvalue weighted by Crippen LogP contribution is -2.47. The standard InChI is InChI=1S/C16H23N3O2/c1-16(2,3)18-14(20)10-19(4)15(21)12-9-17-13-8-6-5-7-11(12)13/h5-8,12,17H,9-10H2,1-4H3,(H,18,20). The third-order valence-corrected chi connectivity index (χ3v) is 3.40. The molecule has 1 aliphatic heterocycles. The molecule has 2 N–H and O–H groups in total. The molecule has 0 aromatic heterocycles. The van der Waals surface area contributed by atoms with E-state index in [1.54, 1.807) is 7.05 Å². The summed E-state index contributed by atoms with van der Waals surface area (Å²) < 4.78 is 0. The summed E-state index contributed by atoms with van der Waals surface area (Å²) in [5, 5.41) is 6.10. The van der Waals surface area contributed by atoms with Crippen LogP contribution >= 0.6 is 0 Å². The monoisotopic (exact) mass is 289 g/mol. The Morgan fingerprint density at radius 3 is 2.67 bits per heavy atom. The van der Waals surface area contributed by atoms with Gasteiger partial charge in [-0.05, 0) is 32.4 Å². The van der Waals surface area contributed by atoms with E-state index in [1.165, 1.54) is 4.90 Å². The normalized spacial score (nSPS) is 16.9. The maximum absolute atomic E-state index is 12.5. The van der Waals surface area contributed by atoms with Gasteiger partial charge in [-0.2, -0.15) is 0 Å². The van der Waals surface area contributed by atoms with Gasteiger partial charge in [0.15, 0.2) is 0 Å². The van der Waals surface area contributed by atoms with Crippen LogP contribution in [0, 0.1) is 0 Å².